The van der Waals surface area contributed by atoms with E-state index >= 15 is 0 Å². The molecule has 0 radical (unpaired) electrons. The second-order valence-corrected chi connectivity index (χ2v) is 4.57. The second-order valence-electron chi connectivity index (χ2n) is 4.17. The summed E-state index contributed by atoms with van der Waals surface area (Å²) in [5.41, 5.74) is 1.97. The Labute approximate surface area is 111 Å². The Bertz CT molecular complexity index is 691. The number of para-hydroxylation sites is 1. The third-order valence-electron chi connectivity index (χ3n) is 2.90. The van der Waals surface area contributed by atoms with E-state index in [0.29, 0.717) is 0 Å². The normalized spacial score (nSPS) is 10.5. The van der Waals surface area contributed by atoms with Crippen LogP contribution in [0.5, 0.6) is 0 Å². The summed E-state index contributed by atoms with van der Waals surface area (Å²) >= 11 is 6.13. The van der Waals surface area contributed by atoms with Crippen LogP contribution in [0.4, 0.5) is 11.4 Å². The molecule has 2 heteroatoms. The zero-order valence-electron chi connectivity index (χ0n) is 9.73. The highest BCUT2D eigenvalue weighted by atomic mass is 35.5. The first-order valence-corrected chi connectivity index (χ1v) is 6.21. The predicted molar refractivity (Wildman–Crippen MR) is 78.7 cm³/mol. The van der Waals surface area contributed by atoms with E-state index in [1.165, 1.54) is 10.8 Å². The summed E-state index contributed by atoms with van der Waals surface area (Å²) in [6, 6.07) is 22.3. The van der Waals surface area contributed by atoms with Gasteiger partial charge in [-0.05, 0) is 35.0 Å². The fourth-order valence-electron chi connectivity index (χ4n) is 1.99. The van der Waals surface area contributed by atoms with E-state index in [-0.39, 0.29) is 0 Å². The van der Waals surface area contributed by atoms with Crippen molar-refractivity contribution in [3.8, 4) is 0 Å². The van der Waals surface area contributed by atoms with Crippen LogP contribution in [0, 0.1) is 0 Å². The molecule has 0 aliphatic carbocycles. The molecule has 0 aliphatic rings. The van der Waals surface area contributed by atoms with Gasteiger partial charge in [-0.3, -0.25) is 0 Å². The summed E-state index contributed by atoms with van der Waals surface area (Å²) in [6.07, 6.45) is 0. The van der Waals surface area contributed by atoms with Crippen molar-refractivity contribution in [1.29, 1.82) is 0 Å². The lowest BCUT2D eigenvalue weighted by atomic mass is 10.1. The molecule has 0 amide bonds. The fraction of sp³-hybridized carbons (Fsp3) is 0. The van der Waals surface area contributed by atoms with Crippen LogP contribution in [0.25, 0.3) is 10.8 Å². The Balaban J connectivity index is 1.98. The first-order chi connectivity index (χ1) is 8.83. The Kier molecular flexibility index (Phi) is 2.91. The summed E-state index contributed by atoms with van der Waals surface area (Å²) in [7, 11) is 0. The number of hydrogen-bond donors (Lipinski definition) is 1. The van der Waals surface area contributed by atoms with E-state index in [0.717, 1.165) is 16.4 Å². The molecule has 1 N–H and O–H groups in total. The maximum Gasteiger partial charge on any atom is 0.0640 e. The molecule has 18 heavy (non-hydrogen) atoms. The van der Waals surface area contributed by atoms with Crippen LogP contribution in [0.3, 0.4) is 0 Å². The molecule has 0 bridgehead atoms. The van der Waals surface area contributed by atoms with Crippen LogP contribution in [-0.2, 0) is 0 Å². The molecule has 0 aliphatic heterocycles. The molecule has 3 aromatic rings. The quantitative estimate of drug-likeness (QED) is 0.659. The summed E-state index contributed by atoms with van der Waals surface area (Å²) < 4.78 is 0. The lowest BCUT2D eigenvalue weighted by Gasteiger charge is -2.09. The third-order valence-corrected chi connectivity index (χ3v) is 3.23. The summed E-state index contributed by atoms with van der Waals surface area (Å²) in [5, 5.41) is 6.52. The van der Waals surface area contributed by atoms with Gasteiger partial charge in [0.2, 0.25) is 0 Å². The van der Waals surface area contributed by atoms with E-state index in [1.54, 1.807) is 0 Å². The smallest absolute Gasteiger partial charge is 0.0640 e. The van der Waals surface area contributed by atoms with Crippen molar-refractivity contribution < 1.29 is 0 Å². The van der Waals surface area contributed by atoms with Gasteiger partial charge in [0.05, 0.1) is 10.7 Å². The molecule has 0 saturated heterocycles. The maximum absolute atomic E-state index is 6.13. The molecule has 3 rings (SSSR count). The van der Waals surface area contributed by atoms with Crippen LogP contribution < -0.4 is 5.32 Å². The topological polar surface area (TPSA) is 12.0 Å². The van der Waals surface area contributed by atoms with Gasteiger partial charge in [-0.15, -0.1) is 0 Å². The lowest BCUT2D eigenvalue weighted by Crippen LogP contribution is -1.90. The average molecular weight is 254 g/mol. The molecule has 0 atom stereocenters. The van der Waals surface area contributed by atoms with Gasteiger partial charge in [-0.2, -0.15) is 0 Å². The minimum atomic E-state index is 0.727. The van der Waals surface area contributed by atoms with Crippen LogP contribution in [0.1, 0.15) is 0 Å². The van der Waals surface area contributed by atoms with Crippen LogP contribution in [0.2, 0.25) is 5.02 Å². The van der Waals surface area contributed by atoms with E-state index in [4.69, 9.17) is 11.6 Å². The highest BCUT2D eigenvalue weighted by Gasteiger charge is 2.00. The molecule has 3 aromatic carbocycles. The monoisotopic (exact) mass is 253 g/mol. The standard InChI is InChI=1S/C16H12ClN/c17-15-7-3-4-8-16(15)18-14-10-9-12-5-1-2-6-13(12)11-14/h1-11,18H. The number of hydrogen-bond acceptors (Lipinski definition) is 1. The van der Waals surface area contributed by atoms with E-state index in [9.17, 15) is 0 Å². The second kappa shape index (κ2) is 4.71. The molecule has 0 unspecified atom stereocenters. The van der Waals surface area contributed by atoms with Gasteiger partial charge in [0.25, 0.3) is 0 Å². The van der Waals surface area contributed by atoms with Crippen molar-refractivity contribution in [1.82, 2.24) is 0 Å². The van der Waals surface area contributed by atoms with Gasteiger partial charge in [-0.1, -0.05) is 54.1 Å². The molecule has 88 valence electrons. The predicted octanol–water partition coefficient (Wildman–Crippen LogP) is 5.24. The number of nitrogens with one attached hydrogen (secondary N) is 1. The molecular weight excluding hydrogens is 242 g/mol. The molecule has 0 saturated carbocycles. The summed E-state index contributed by atoms with van der Waals surface area (Å²) in [5.74, 6) is 0. The Morgan fingerprint density at radius 1 is 0.722 bits per heavy atom. The van der Waals surface area contributed by atoms with Crippen molar-refractivity contribution in [2.45, 2.75) is 0 Å². The minimum absolute atomic E-state index is 0.727. The third kappa shape index (κ3) is 2.18. The van der Waals surface area contributed by atoms with Gasteiger partial charge in [0.1, 0.15) is 0 Å². The number of rotatable bonds is 2. The Morgan fingerprint density at radius 2 is 1.44 bits per heavy atom. The molecule has 0 spiro atoms. The van der Waals surface area contributed by atoms with Crippen molar-refractivity contribution in [3.05, 3.63) is 71.8 Å². The number of halogens is 1. The van der Waals surface area contributed by atoms with Gasteiger partial charge in [0.15, 0.2) is 0 Å². The van der Waals surface area contributed by atoms with E-state index in [2.05, 4.69) is 35.6 Å². The lowest BCUT2D eigenvalue weighted by molar-refractivity contribution is 1.57. The Hall–Kier alpha value is -1.99. The van der Waals surface area contributed by atoms with Gasteiger partial charge < -0.3 is 5.32 Å². The van der Waals surface area contributed by atoms with E-state index in [1.807, 2.05) is 36.4 Å². The molecule has 0 aromatic heterocycles. The first kappa shape index (κ1) is 11.1. The van der Waals surface area contributed by atoms with Gasteiger partial charge >= 0.3 is 0 Å². The van der Waals surface area contributed by atoms with Crippen molar-refractivity contribution in [3.63, 3.8) is 0 Å². The molecule has 0 fully saturated rings. The molecule has 0 heterocycles. The highest BCUT2D eigenvalue weighted by molar-refractivity contribution is 6.33. The van der Waals surface area contributed by atoms with Gasteiger partial charge in [0, 0.05) is 5.69 Å². The van der Waals surface area contributed by atoms with Crippen molar-refractivity contribution >= 4 is 33.7 Å². The van der Waals surface area contributed by atoms with Gasteiger partial charge in [-0.25, -0.2) is 0 Å². The fourth-order valence-corrected chi connectivity index (χ4v) is 2.17. The largest absolute Gasteiger partial charge is 0.354 e. The van der Waals surface area contributed by atoms with Crippen molar-refractivity contribution in [2.75, 3.05) is 5.32 Å². The number of fused-ring (bicyclic) bond motifs is 1. The van der Waals surface area contributed by atoms with Crippen LogP contribution in [-0.4, -0.2) is 0 Å². The average Bonchev–Trinajstić information content (AvgIpc) is 2.41. The zero-order valence-corrected chi connectivity index (χ0v) is 10.5. The number of anilines is 2. The van der Waals surface area contributed by atoms with Crippen LogP contribution >= 0.6 is 11.6 Å². The highest BCUT2D eigenvalue weighted by Crippen LogP contribution is 2.26. The Morgan fingerprint density at radius 3 is 2.28 bits per heavy atom. The minimum Gasteiger partial charge on any atom is -0.354 e. The van der Waals surface area contributed by atoms with Crippen LogP contribution in [0.15, 0.2) is 66.7 Å². The zero-order chi connectivity index (χ0) is 12.4. The maximum atomic E-state index is 6.13. The summed E-state index contributed by atoms with van der Waals surface area (Å²) in [4.78, 5) is 0. The number of benzene rings is 3. The van der Waals surface area contributed by atoms with Crippen molar-refractivity contribution in [2.24, 2.45) is 0 Å². The first-order valence-electron chi connectivity index (χ1n) is 5.83. The summed E-state index contributed by atoms with van der Waals surface area (Å²) in [6.45, 7) is 0. The molecule has 1 nitrogen and oxygen atoms in total. The SMILES string of the molecule is Clc1ccccc1Nc1ccc2ccccc2c1. The molecular formula is C16H12ClN. The van der Waals surface area contributed by atoms with E-state index < -0.39 is 0 Å².